The van der Waals surface area contributed by atoms with Gasteiger partial charge in [0.15, 0.2) is 0 Å². The summed E-state index contributed by atoms with van der Waals surface area (Å²) in [4.78, 5) is 7.96. The third kappa shape index (κ3) is 1.96. The lowest BCUT2D eigenvalue weighted by Crippen LogP contribution is -1.84. The van der Waals surface area contributed by atoms with E-state index in [1.807, 2.05) is 6.07 Å². The Balaban J connectivity index is 2.02. The van der Waals surface area contributed by atoms with Crippen LogP contribution in [0, 0.1) is 5.82 Å². The Kier molecular flexibility index (Phi) is 2.44. The van der Waals surface area contributed by atoms with E-state index in [0.29, 0.717) is 0 Å². The highest BCUT2D eigenvalue weighted by atomic mass is 19.1. The lowest BCUT2D eigenvalue weighted by atomic mass is 10.1. The predicted molar refractivity (Wildman–Crippen MR) is 64.6 cm³/mol. The number of benzene rings is 1. The van der Waals surface area contributed by atoms with E-state index in [9.17, 15) is 4.39 Å². The standard InChI is InChI=1S/C14H11FN2/c15-13-3-4-14-11(1-2-12(14)6-13)5-10-7-16-9-17-8-10/h3-9H,1-2H2/b11-5-. The molecule has 84 valence electrons. The highest BCUT2D eigenvalue weighted by Gasteiger charge is 2.16. The number of hydrogen-bond acceptors (Lipinski definition) is 2. The topological polar surface area (TPSA) is 25.8 Å². The monoisotopic (exact) mass is 226 g/mol. The fraction of sp³-hybridized carbons (Fsp3) is 0.143. The molecule has 1 aromatic heterocycles. The number of aromatic nitrogens is 2. The van der Waals surface area contributed by atoms with Crippen LogP contribution in [0.2, 0.25) is 0 Å². The van der Waals surface area contributed by atoms with E-state index in [1.54, 1.807) is 18.5 Å². The molecular weight excluding hydrogens is 215 g/mol. The van der Waals surface area contributed by atoms with Gasteiger partial charge in [0.05, 0.1) is 0 Å². The molecule has 3 rings (SSSR count). The Hall–Kier alpha value is -2.03. The van der Waals surface area contributed by atoms with Crippen molar-refractivity contribution in [2.24, 2.45) is 0 Å². The lowest BCUT2D eigenvalue weighted by Gasteiger charge is -2.01. The normalized spacial score (nSPS) is 16.2. The second-order valence-electron chi connectivity index (χ2n) is 4.14. The summed E-state index contributed by atoms with van der Waals surface area (Å²) in [6, 6.07) is 4.99. The Morgan fingerprint density at radius 1 is 1.12 bits per heavy atom. The number of hydrogen-bond donors (Lipinski definition) is 0. The van der Waals surface area contributed by atoms with Crippen LogP contribution in [0.25, 0.3) is 11.6 Å². The number of fused-ring (bicyclic) bond motifs is 1. The molecule has 1 aromatic carbocycles. The maximum atomic E-state index is 13.1. The van der Waals surface area contributed by atoms with E-state index < -0.39 is 0 Å². The number of allylic oxidation sites excluding steroid dienone is 1. The minimum absolute atomic E-state index is 0.159. The van der Waals surface area contributed by atoms with Gasteiger partial charge in [-0.3, -0.25) is 0 Å². The molecule has 17 heavy (non-hydrogen) atoms. The van der Waals surface area contributed by atoms with E-state index in [2.05, 4.69) is 16.0 Å². The molecule has 3 heteroatoms. The SMILES string of the molecule is Fc1ccc2c(c1)CC/C2=C/c1cncnc1. The molecule has 2 nitrogen and oxygen atoms in total. The van der Waals surface area contributed by atoms with Crippen molar-refractivity contribution < 1.29 is 4.39 Å². The molecule has 2 aromatic rings. The number of halogens is 1. The van der Waals surface area contributed by atoms with Crippen molar-refractivity contribution >= 4 is 11.6 Å². The van der Waals surface area contributed by atoms with Crippen molar-refractivity contribution in [1.82, 2.24) is 9.97 Å². The van der Waals surface area contributed by atoms with Crippen LogP contribution in [0.5, 0.6) is 0 Å². The van der Waals surface area contributed by atoms with Gasteiger partial charge in [-0.2, -0.15) is 0 Å². The van der Waals surface area contributed by atoms with Gasteiger partial charge >= 0.3 is 0 Å². The van der Waals surface area contributed by atoms with Gasteiger partial charge in [-0.05, 0) is 47.8 Å². The van der Waals surface area contributed by atoms with Crippen molar-refractivity contribution in [3.8, 4) is 0 Å². The Bertz CT molecular complexity index is 576. The van der Waals surface area contributed by atoms with Gasteiger partial charge in [-0.1, -0.05) is 6.07 Å². The van der Waals surface area contributed by atoms with E-state index in [0.717, 1.165) is 29.5 Å². The highest BCUT2D eigenvalue weighted by Crippen LogP contribution is 2.33. The molecule has 0 unspecified atom stereocenters. The molecule has 0 atom stereocenters. The fourth-order valence-electron chi connectivity index (χ4n) is 2.22. The van der Waals surface area contributed by atoms with Crippen LogP contribution in [0.1, 0.15) is 23.1 Å². The van der Waals surface area contributed by atoms with Crippen LogP contribution in [-0.2, 0) is 6.42 Å². The Morgan fingerprint density at radius 2 is 1.94 bits per heavy atom. The largest absolute Gasteiger partial charge is 0.244 e. The smallest absolute Gasteiger partial charge is 0.123 e. The van der Waals surface area contributed by atoms with Crippen molar-refractivity contribution in [3.63, 3.8) is 0 Å². The van der Waals surface area contributed by atoms with Crippen molar-refractivity contribution in [2.75, 3.05) is 0 Å². The first-order valence-corrected chi connectivity index (χ1v) is 5.57. The summed E-state index contributed by atoms with van der Waals surface area (Å²) in [6.45, 7) is 0. The quantitative estimate of drug-likeness (QED) is 0.746. The summed E-state index contributed by atoms with van der Waals surface area (Å²) in [7, 11) is 0. The molecule has 0 saturated carbocycles. The van der Waals surface area contributed by atoms with Crippen molar-refractivity contribution in [1.29, 1.82) is 0 Å². The van der Waals surface area contributed by atoms with Gasteiger partial charge in [0.1, 0.15) is 12.1 Å². The number of rotatable bonds is 1. The Labute approximate surface area is 98.9 Å². The maximum absolute atomic E-state index is 13.1. The van der Waals surface area contributed by atoms with Gasteiger partial charge in [-0.15, -0.1) is 0 Å². The third-order valence-corrected chi connectivity index (χ3v) is 3.00. The zero-order chi connectivity index (χ0) is 11.7. The summed E-state index contributed by atoms with van der Waals surface area (Å²) in [6.07, 6.45) is 9.01. The third-order valence-electron chi connectivity index (χ3n) is 3.00. The van der Waals surface area contributed by atoms with E-state index in [1.165, 1.54) is 18.0 Å². The van der Waals surface area contributed by atoms with Gasteiger partial charge in [0, 0.05) is 18.0 Å². The second kappa shape index (κ2) is 4.09. The van der Waals surface area contributed by atoms with E-state index >= 15 is 0 Å². The van der Waals surface area contributed by atoms with E-state index in [-0.39, 0.29) is 5.82 Å². The average Bonchev–Trinajstić information content (AvgIpc) is 2.73. The summed E-state index contributed by atoms with van der Waals surface area (Å²) >= 11 is 0. The maximum Gasteiger partial charge on any atom is 0.123 e. The molecule has 0 bridgehead atoms. The van der Waals surface area contributed by atoms with Crippen molar-refractivity contribution in [2.45, 2.75) is 12.8 Å². The minimum Gasteiger partial charge on any atom is -0.244 e. The molecule has 0 amide bonds. The van der Waals surface area contributed by atoms with Crippen LogP contribution in [0.15, 0.2) is 36.9 Å². The average molecular weight is 226 g/mol. The summed E-state index contributed by atoms with van der Waals surface area (Å²) in [5.74, 6) is -0.159. The summed E-state index contributed by atoms with van der Waals surface area (Å²) in [5, 5.41) is 0. The molecule has 0 saturated heterocycles. The first-order valence-electron chi connectivity index (χ1n) is 5.57. The van der Waals surface area contributed by atoms with Crippen LogP contribution in [-0.4, -0.2) is 9.97 Å². The first-order chi connectivity index (χ1) is 8.33. The zero-order valence-electron chi connectivity index (χ0n) is 9.23. The van der Waals surface area contributed by atoms with Crippen LogP contribution in [0.4, 0.5) is 4.39 Å². The van der Waals surface area contributed by atoms with Gasteiger partial charge in [0.25, 0.3) is 0 Å². The van der Waals surface area contributed by atoms with Gasteiger partial charge in [-0.25, -0.2) is 14.4 Å². The van der Waals surface area contributed by atoms with Gasteiger partial charge < -0.3 is 0 Å². The van der Waals surface area contributed by atoms with Crippen LogP contribution >= 0.6 is 0 Å². The lowest BCUT2D eigenvalue weighted by molar-refractivity contribution is 0.626. The van der Waals surface area contributed by atoms with Crippen molar-refractivity contribution in [3.05, 3.63) is 59.4 Å². The first kappa shape index (κ1) is 10.1. The molecule has 0 spiro atoms. The van der Waals surface area contributed by atoms with Gasteiger partial charge in [0.2, 0.25) is 0 Å². The second-order valence-corrected chi connectivity index (χ2v) is 4.14. The Morgan fingerprint density at radius 3 is 2.76 bits per heavy atom. The number of nitrogens with zero attached hydrogens (tertiary/aromatic N) is 2. The minimum atomic E-state index is -0.159. The highest BCUT2D eigenvalue weighted by molar-refractivity contribution is 5.85. The molecule has 1 heterocycles. The molecular formula is C14H11FN2. The zero-order valence-corrected chi connectivity index (χ0v) is 9.23. The van der Waals surface area contributed by atoms with E-state index in [4.69, 9.17) is 0 Å². The molecule has 0 fully saturated rings. The molecule has 0 N–H and O–H groups in total. The summed E-state index contributed by atoms with van der Waals surface area (Å²) < 4.78 is 13.1. The fourth-order valence-corrected chi connectivity index (χ4v) is 2.22. The molecule has 0 aliphatic heterocycles. The predicted octanol–water partition coefficient (Wildman–Crippen LogP) is 3.10. The molecule has 1 aliphatic carbocycles. The molecule has 0 radical (unpaired) electrons. The van der Waals surface area contributed by atoms with Crippen LogP contribution in [0.3, 0.4) is 0 Å². The summed E-state index contributed by atoms with van der Waals surface area (Å²) in [5.41, 5.74) is 4.46. The molecule has 1 aliphatic rings. The van der Waals surface area contributed by atoms with Crippen LogP contribution < -0.4 is 0 Å². The number of aryl methyl sites for hydroxylation is 1.